The molecule has 0 aromatic carbocycles. The van der Waals surface area contributed by atoms with E-state index in [0.29, 0.717) is 0 Å². The van der Waals surface area contributed by atoms with Crippen molar-refractivity contribution in [1.82, 2.24) is 35.5 Å². The van der Waals surface area contributed by atoms with E-state index in [-0.39, 0.29) is 0 Å². The highest BCUT2D eigenvalue weighted by Crippen LogP contribution is 2.32. The minimum Gasteiger partial charge on any atom is -0.335 e. The van der Waals surface area contributed by atoms with Crippen LogP contribution in [0.4, 0.5) is 0 Å². The second kappa shape index (κ2) is 6.61. The molecule has 6 rings (SSSR count). The van der Waals surface area contributed by atoms with Crippen molar-refractivity contribution < 1.29 is 0 Å². The van der Waals surface area contributed by atoms with Gasteiger partial charge in [0.15, 0.2) is 5.82 Å². The fourth-order valence-corrected chi connectivity index (χ4v) is 4.46. The van der Waals surface area contributed by atoms with E-state index in [2.05, 4.69) is 59.4 Å². The van der Waals surface area contributed by atoms with E-state index < -0.39 is 0 Å². The summed E-state index contributed by atoms with van der Waals surface area (Å²) in [5, 5.41) is 16.1. The maximum absolute atomic E-state index is 4.88. The number of nitrogens with one attached hydrogen (secondary N) is 3. The van der Waals surface area contributed by atoms with Crippen LogP contribution < -0.4 is 5.32 Å². The molecule has 29 heavy (non-hydrogen) atoms. The molecule has 0 saturated heterocycles. The van der Waals surface area contributed by atoms with Crippen LogP contribution in [0.1, 0.15) is 12.1 Å². The van der Waals surface area contributed by atoms with Crippen molar-refractivity contribution in [2.45, 2.75) is 6.42 Å². The van der Waals surface area contributed by atoms with Crippen LogP contribution in [0, 0.1) is 0 Å². The highest BCUT2D eigenvalue weighted by molar-refractivity contribution is 7.08. The summed E-state index contributed by atoms with van der Waals surface area (Å²) in [6.07, 6.45) is 8.71. The molecule has 8 heteroatoms. The molecule has 3 N–H and O–H groups in total. The van der Waals surface area contributed by atoms with Crippen LogP contribution in [-0.4, -0.2) is 43.2 Å². The Morgan fingerprint density at radius 3 is 2.97 bits per heavy atom. The topological polar surface area (TPSA) is 95.2 Å². The van der Waals surface area contributed by atoms with Crippen molar-refractivity contribution >= 4 is 38.8 Å². The predicted molar refractivity (Wildman–Crippen MR) is 116 cm³/mol. The lowest BCUT2D eigenvalue weighted by Crippen LogP contribution is -2.20. The summed E-state index contributed by atoms with van der Waals surface area (Å²) < 4.78 is 0. The average Bonchev–Trinajstić information content (AvgIpc) is 3.52. The van der Waals surface area contributed by atoms with Crippen molar-refractivity contribution in [3.8, 4) is 22.6 Å². The summed E-state index contributed by atoms with van der Waals surface area (Å²) in [6, 6.07) is 4.20. The average molecular weight is 399 g/mol. The predicted octanol–water partition coefficient (Wildman–Crippen LogP) is 4.00. The molecule has 0 spiro atoms. The minimum absolute atomic E-state index is 0.729. The van der Waals surface area contributed by atoms with Crippen LogP contribution in [0.3, 0.4) is 0 Å². The number of rotatable bonds is 3. The molecule has 142 valence electrons. The SMILES string of the molecule is C1=C(c2cc3c(-c4nc5c(-c6ccsc6)cncc5[nH]4)n[nH]c3cn2)CCNC1. The van der Waals surface area contributed by atoms with Crippen LogP contribution in [0.2, 0.25) is 0 Å². The summed E-state index contributed by atoms with van der Waals surface area (Å²) in [5.74, 6) is 0.729. The third kappa shape index (κ3) is 2.76. The Hall–Kier alpha value is -3.36. The Labute approximate surface area is 169 Å². The third-order valence-corrected chi connectivity index (χ3v) is 5.97. The van der Waals surface area contributed by atoms with Gasteiger partial charge < -0.3 is 10.3 Å². The Morgan fingerprint density at radius 1 is 1.10 bits per heavy atom. The van der Waals surface area contributed by atoms with Crippen LogP contribution in [0.25, 0.3) is 50.2 Å². The molecule has 0 aliphatic carbocycles. The molecular weight excluding hydrogens is 382 g/mol. The number of fused-ring (bicyclic) bond motifs is 2. The van der Waals surface area contributed by atoms with Gasteiger partial charge >= 0.3 is 0 Å². The first-order valence-corrected chi connectivity index (χ1v) is 10.4. The lowest BCUT2D eigenvalue weighted by Gasteiger charge is -2.13. The van der Waals surface area contributed by atoms with Crippen LogP contribution in [0.5, 0.6) is 0 Å². The molecule has 1 aliphatic heterocycles. The normalized spacial score (nSPS) is 14.6. The van der Waals surface area contributed by atoms with Crippen LogP contribution in [-0.2, 0) is 0 Å². The van der Waals surface area contributed by atoms with Crippen molar-refractivity contribution in [2.24, 2.45) is 0 Å². The molecule has 0 amide bonds. The second-order valence-corrected chi connectivity index (χ2v) is 7.83. The zero-order valence-electron chi connectivity index (χ0n) is 15.4. The summed E-state index contributed by atoms with van der Waals surface area (Å²) >= 11 is 1.66. The molecule has 0 fully saturated rings. The van der Waals surface area contributed by atoms with E-state index in [1.54, 1.807) is 11.3 Å². The maximum atomic E-state index is 4.88. The largest absolute Gasteiger partial charge is 0.335 e. The number of nitrogens with zero attached hydrogens (tertiary/aromatic N) is 4. The van der Waals surface area contributed by atoms with Gasteiger partial charge in [0.05, 0.1) is 29.1 Å². The number of aromatic amines is 2. The van der Waals surface area contributed by atoms with Gasteiger partial charge in [-0.15, -0.1) is 0 Å². The van der Waals surface area contributed by atoms with Crippen molar-refractivity contribution in [1.29, 1.82) is 0 Å². The van der Waals surface area contributed by atoms with Gasteiger partial charge in [0.2, 0.25) is 0 Å². The fourth-order valence-electron chi connectivity index (χ4n) is 3.80. The van der Waals surface area contributed by atoms with Gasteiger partial charge in [-0.05, 0) is 47.0 Å². The zero-order valence-corrected chi connectivity index (χ0v) is 16.3. The highest BCUT2D eigenvalue weighted by Gasteiger charge is 2.17. The smallest absolute Gasteiger partial charge is 0.159 e. The lowest BCUT2D eigenvalue weighted by atomic mass is 10.0. The molecule has 0 unspecified atom stereocenters. The Morgan fingerprint density at radius 2 is 2.10 bits per heavy atom. The lowest BCUT2D eigenvalue weighted by molar-refractivity contribution is 0.737. The van der Waals surface area contributed by atoms with Crippen molar-refractivity contribution in [2.75, 3.05) is 13.1 Å². The number of thiophene rings is 1. The van der Waals surface area contributed by atoms with E-state index in [0.717, 1.165) is 69.8 Å². The van der Waals surface area contributed by atoms with Gasteiger partial charge in [0.1, 0.15) is 11.2 Å². The van der Waals surface area contributed by atoms with E-state index in [9.17, 15) is 0 Å². The first-order valence-electron chi connectivity index (χ1n) is 9.48. The number of H-pyrrole nitrogens is 2. The number of aromatic nitrogens is 6. The standard InChI is InChI=1S/C21H17N7S/c1-4-22-5-2-12(1)16-7-14-17(10-24-16)27-28-20(14)21-25-18-9-23-8-15(19(18)26-21)13-3-6-29-11-13/h1,3,6-11,22H,2,4-5H2,(H,25,26)(H,27,28). The fraction of sp³-hybridized carbons (Fsp3) is 0.143. The minimum atomic E-state index is 0.729. The second-order valence-electron chi connectivity index (χ2n) is 7.05. The van der Waals surface area contributed by atoms with E-state index in [1.807, 2.05) is 18.6 Å². The molecule has 0 saturated carbocycles. The van der Waals surface area contributed by atoms with Gasteiger partial charge in [0.25, 0.3) is 0 Å². The molecule has 6 heterocycles. The highest BCUT2D eigenvalue weighted by atomic mass is 32.1. The molecule has 5 aromatic heterocycles. The molecule has 0 bridgehead atoms. The molecule has 0 radical (unpaired) electrons. The molecule has 1 aliphatic rings. The Kier molecular flexibility index (Phi) is 3.78. The monoisotopic (exact) mass is 399 g/mol. The Balaban J connectivity index is 1.50. The van der Waals surface area contributed by atoms with E-state index in [4.69, 9.17) is 4.98 Å². The van der Waals surface area contributed by atoms with Gasteiger partial charge in [-0.2, -0.15) is 16.4 Å². The summed E-state index contributed by atoms with van der Waals surface area (Å²) in [7, 11) is 0. The Bertz CT molecular complexity index is 1360. The summed E-state index contributed by atoms with van der Waals surface area (Å²) in [4.78, 5) is 17.3. The van der Waals surface area contributed by atoms with E-state index in [1.165, 1.54) is 5.57 Å². The first kappa shape index (κ1) is 16.6. The van der Waals surface area contributed by atoms with Crippen LogP contribution >= 0.6 is 11.3 Å². The van der Waals surface area contributed by atoms with E-state index >= 15 is 0 Å². The third-order valence-electron chi connectivity index (χ3n) is 5.29. The molecular formula is C21H17N7S. The molecule has 0 atom stereocenters. The quantitative estimate of drug-likeness (QED) is 0.426. The summed E-state index contributed by atoms with van der Waals surface area (Å²) in [5.41, 5.74) is 7.91. The number of pyridine rings is 2. The van der Waals surface area contributed by atoms with Gasteiger partial charge in [-0.1, -0.05) is 6.08 Å². The van der Waals surface area contributed by atoms with Gasteiger partial charge in [-0.3, -0.25) is 15.1 Å². The van der Waals surface area contributed by atoms with Crippen molar-refractivity contribution in [3.63, 3.8) is 0 Å². The van der Waals surface area contributed by atoms with Crippen LogP contribution in [0.15, 0.2) is 47.6 Å². The number of hydrogen-bond acceptors (Lipinski definition) is 6. The summed E-state index contributed by atoms with van der Waals surface area (Å²) in [6.45, 7) is 1.86. The van der Waals surface area contributed by atoms with Crippen molar-refractivity contribution in [3.05, 3.63) is 53.3 Å². The first-order chi connectivity index (χ1) is 14.4. The van der Waals surface area contributed by atoms with Gasteiger partial charge in [-0.25, -0.2) is 4.98 Å². The molecule has 5 aromatic rings. The maximum Gasteiger partial charge on any atom is 0.159 e. The zero-order chi connectivity index (χ0) is 19.2. The van der Waals surface area contributed by atoms with Gasteiger partial charge in [0, 0.05) is 23.7 Å². The number of hydrogen-bond donors (Lipinski definition) is 3. The number of imidazole rings is 1. The molecule has 7 nitrogen and oxygen atoms in total.